The molecule has 76 valence electrons. The average Bonchev–Trinajstić information content (AvgIpc) is 2.17. The number of halogens is 1. The molecule has 14 heavy (non-hydrogen) atoms. The van der Waals surface area contributed by atoms with Gasteiger partial charge in [-0.05, 0) is 24.3 Å². The molecular formula is C8H9ClN2O3. The smallest absolute Gasteiger partial charge is 0.335 e. The molecule has 0 saturated heterocycles. The molecule has 0 atom stereocenters. The zero-order valence-corrected chi connectivity index (χ0v) is 7.88. The van der Waals surface area contributed by atoms with Crippen LogP contribution in [0.2, 0.25) is 0 Å². The minimum atomic E-state index is -1.03. The highest BCUT2D eigenvalue weighted by molar-refractivity contribution is 5.95. The Morgan fingerprint density at radius 3 is 1.93 bits per heavy atom. The molecule has 6 heteroatoms. The Morgan fingerprint density at radius 1 is 1.14 bits per heavy atom. The zero-order chi connectivity index (χ0) is 9.84. The second kappa shape index (κ2) is 5.21. The number of carboxylic acids is 1. The summed E-state index contributed by atoms with van der Waals surface area (Å²) >= 11 is 0. The Bertz CT molecular complexity index is 337. The van der Waals surface area contributed by atoms with Crippen LogP contribution < -0.4 is 11.3 Å². The molecule has 0 spiro atoms. The summed E-state index contributed by atoms with van der Waals surface area (Å²) in [7, 11) is 0. The van der Waals surface area contributed by atoms with Crippen molar-refractivity contribution in [1.82, 2.24) is 5.43 Å². The van der Waals surface area contributed by atoms with E-state index in [9.17, 15) is 9.59 Å². The van der Waals surface area contributed by atoms with E-state index in [2.05, 4.69) is 0 Å². The van der Waals surface area contributed by atoms with Crippen molar-refractivity contribution in [2.75, 3.05) is 0 Å². The normalized spacial score (nSPS) is 8.64. The van der Waals surface area contributed by atoms with Crippen LogP contribution in [0.4, 0.5) is 0 Å². The lowest BCUT2D eigenvalue weighted by Gasteiger charge is -1.99. The van der Waals surface area contributed by atoms with E-state index in [0.717, 1.165) is 0 Å². The van der Waals surface area contributed by atoms with Gasteiger partial charge >= 0.3 is 5.97 Å². The van der Waals surface area contributed by atoms with Crippen molar-refractivity contribution in [3.63, 3.8) is 0 Å². The first-order valence-corrected chi connectivity index (χ1v) is 3.49. The molecule has 0 heterocycles. The molecule has 1 aromatic rings. The number of amides is 1. The Kier molecular flexibility index (Phi) is 4.62. The van der Waals surface area contributed by atoms with Crippen LogP contribution in [0.5, 0.6) is 0 Å². The standard InChI is InChI=1S/C8H8N2O3.ClH/c9-10-7(11)5-1-3-6(4-2-5)8(12)13;/h1-4H,9H2,(H,10,11)(H,12,13);1H. The summed E-state index contributed by atoms with van der Waals surface area (Å²) in [5.41, 5.74) is 2.40. The largest absolute Gasteiger partial charge is 0.478 e. The van der Waals surface area contributed by atoms with Crippen LogP contribution in [0.1, 0.15) is 20.7 Å². The molecular weight excluding hydrogens is 208 g/mol. The Balaban J connectivity index is 0.00000169. The Labute approximate surface area is 86.3 Å². The molecule has 1 amide bonds. The summed E-state index contributed by atoms with van der Waals surface area (Å²) < 4.78 is 0. The maximum atomic E-state index is 10.9. The van der Waals surface area contributed by atoms with Crippen LogP contribution in [0.15, 0.2) is 24.3 Å². The van der Waals surface area contributed by atoms with Crippen LogP contribution in [0.3, 0.4) is 0 Å². The minimum absolute atomic E-state index is 0. The lowest BCUT2D eigenvalue weighted by molar-refractivity contribution is 0.0696. The van der Waals surface area contributed by atoms with E-state index in [0.29, 0.717) is 5.56 Å². The first-order valence-electron chi connectivity index (χ1n) is 3.49. The third-order valence-corrected chi connectivity index (χ3v) is 1.53. The third kappa shape index (κ3) is 2.72. The van der Waals surface area contributed by atoms with E-state index in [-0.39, 0.29) is 18.0 Å². The average molecular weight is 217 g/mol. The van der Waals surface area contributed by atoms with Gasteiger partial charge in [-0.1, -0.05) is 0 Å². The van der Waals surface area contributed by atoms with Crippen LogP contribution in [-0.2, 0) is 0 Å². The molecule has 0 aromatic heterocycles. The van der Waals surface area contributed by atoms with Crippen LogP contribution in [-0.4, -0.2) is 17.0 Å². The van der Waals surface area contributed by atoms with Crippen LogP contribution in [0, 0.1) is 0 Å². The van der Waals surface area contributed by atoms with Gasteiger partial charge in [-0.25, -0.2) is 10.6 Å². The number of hydrogen-bond donors (Lipinski definition) is 3. The van der Waals surface area contributed by atoms with E-state index in [4.69, 9.17) is 10.9 Å². The molecule has 5 nitrogen and oxygen atoms in total. The molecule has 1 aromatic carbocycles. The van der Waals surface area contributed by atoms with Crippen LogP contribution in [0.25, 0.3) is 0 Å². The van der Waals surface area contributed by atoms with Gasteiger partial charge in [0.1, 0.15) is 0 Å². The Hall–Kier alpha value is -1.59. The van der Waals surface area contributed by atoms with Gasteiger partial charge in [0.25, 0.3) is 5.91 Å². The molecule has 1 rings (SSSR count). The van der Waals surface area contributed by atoms with Crippen molar-refractivity contribution < 1.29 is 14.7 Å². The van der Waals surface area contributed by atoms with Gasteiger partial charge in [0.15, 0.2) is 0 Å². The molecule has 0 aliphatic heterocycles. The molecule has 0 unspecified atom stereocenters. The number of rotatable bonds is 2. The number of nitrogens with two attached hydrogens (primary N) is 1. The number of aromatic carboxylic acids is 1. The molecule has 0 saturated carbocycles. The van der Waals surface area contributed by atoms with Gasteiger partial charge in [-0.2, -0.15) is 0 Å². The summed E-state index contributed by atoms with van der Waals surface area (Å²) in [6.07, 6.45) is 0. The predicted molar refractivity (Wildman–Crippen MR) is 52.3 cm³/mol. The fourth-order valence-electron chi connectivity index (χ4n) is 0.848. The number of carboxylic acid groups (broad SMARTS) is 1. The summed E-state index contributed by atoms with van der Waals surface area (Å²) in [5.74, 6) is 3.41. The second-order valence-corrected chi connectivity index (χ2v) is 2.36. The maximum absolute atomic E-state index is 10.9. The first kappa shape index (κ1) is 12.4. The summed E-state index contributed by atoms with van der Waals surface area (Å²) in [5, 5.41) is 8.55. The lowest BCUT2D eigenvalue weighted by atomic mass is 10.1. The van der Waals surface area contributed by atoms with E-state index < -0.39 is 11.9 Å². The number of benzene rings is 1. The summed E-state index contributed by atoms with van der Waals surface area (Å²) in [6.45, 7) is 0. The highest BCUT2D eigenvalue weighted by atomic mass is 35.5. The van der Waals surface area contributed by atoms with Gasteiger partial charge in [0.2, 0.25) is 0 Å². The molecule has 0 radical (unpaired) electrons. The number of carbonyl (C=O) groups is 2. The fourth-order valence-corrected chi connectivity index (χ4v) is 0.848. The molecule has 0 bridgehead atoms. The van der Waals surface area contributed by atoms with Gasteiger partial charge in [-0.15, -0.1) is 12.4 Å². The van der Waals surface area contributed by atoms with E-state index >= 15 is 0 Å². The van der Waals surface area contributed by atoms with E-state index in [1.807, 2.05) is 5.43 Å². The quantitative estimate of drug-likeness (QED) is 0.379. The van der Waals surface area contributed by atoms with Crippen molar-refractivity contribution in [3.8, 4) is 0 Å². The fraction of sp³-hybridized carbons (Fsp3) is 0. The molecule has 4 N–H and O–H groups in total. The van der Waals surface area contributed by atoms with Gasteiger partial charge in [0, 0.05) is 5.56 Å². The van der Waals surface area contributed by atoms with Crippen molar-refractivity contribution >= 4 is 24.3 Å². The lowest BCUT2D eigenvalue weighted by Crippen LogP contribution is -2.29. The minimum Gasteiger partial charge on any atom is -0.478 e. The third-order valence-electron chi connectivity index (χ3n) is 1.53. The topological polar surface area (TPSA) is 92.4 Å². The van der Waals surface area contributed by atoms with Crippen molar-refractivity contribution in [3.05, 3.63) is 35.4 Å². The van der Waals surface area contributed by atoms with Crippen molar-refractivity contribution in [2.24, 2.45) is 5.84 Å². The van der Waals surface area contributed by atoms with Gasteiger partial charge < -0.3 is 5.11 Å². The number of hydrazine groups is 1. The second-order valence-electron chi connectivity index (χ2n) is 2.36. The Morgan fingerprint density at radius 2 is 1.57 bits per heavy atom. The predicted octanol–water partition coefficient (Wildman–Crippen LogP) is 0.410. The van der Waals surface area contributed by atoms with E-state index in [1.165, 1.54) is 24.3 Å². The highest BCUT2D eigenvalue weighted by Crippen LogP contribution is 2.03. The van der Waals surface area contributed by atoms with Crippen molar-refractivity contribution in [2.45, 2.75) is 0 Å². The molecule has 0 aliphatic carbocycles. The van der Waals surface area contributed by atoms with E-state index in [1.54, 1.807) is 0 Å². The number of nitrogen functional groups attached to an aromatic ring is 1. The number of carbonyl (C=O) groups excluding carboxylic acids is 1. The number of hydrogen-bond acceptors (Lipinski definition) is 3. The summed E-state index contributed by atoms with van der Waals surface area (Å²) in [4.78, 5) is 21.3. The highest BCUT2D eigenvalue weighted by Gasteiger charge is 2.05. The maximum Gasteiger partial charge on any atom is 0.335 e. The monoisotopic (exact) mass is 216 g/mol. The summed E-state index contributed by atoms with van der Waals surface area (Å²) in [6, 6.07) is 5.47. The zero-order valence-electron chi connectivity index (χ0n) is 7.06. The first-order chi connectivity index (χ1) is 6.15. The van der Waals surface area contributed by atoms with Gasteiger partial charge in [-0.3, -0.25) is 10.2 Å². The molecule has 0 aliphatic rings. The SMILES string of the molecule is Cl.NNC(=O)c1ccc(C(=O)O)cc1. The van der Waals surface area contributed by atoms with Crippen molar-refractivity contribution in [1.29, 1.82) is 0 Å². The van der Waals surface area contributed by atoms with Gasteiger partial charge in [0.05, 0.1) is 5.56 Å². The van der Waals surface area contributed by atoms with Crippen LogP contribution >= 0.6 is 12.4 Å². The number of nitrogens with one attached hydrogen (secondary N) is 1. The molecule has 0 fully saturated rings.